The van der Waals surface area contributed by atoms with Crippen LogP contribution in [-0.2, 0) is 4.79 Å². The topological polar surface area (TPSA) is 26.3 Å². The summed E-state index contributed by atoms with van der Waals surface area (Å²) >= 11 is 0. The Kier molecular flexibility index (Phi) is 2.51. The Morgan fingerprint density at radius 3 is 2.67 bits per heavy atom. The van der Waals surface area contributed by atoms with Crippen LogP contribution < -0.4 is 4.74 Å². The molecule has 1 aliphatic carbocycles. The minimum Gasteiger partial charge on any atom is -0.496 e. The van der Waals surface area contributed by atoms with Crippen LogP contribution in [0.5, 0.6) is 5.75 Å². The third-order valence-electron chi connectivity index (χ3n) is 3.16. The van der Waals surface area contributed by atoms with Crippen molar-refractivity contribution in [2.75, 3.05) is 7.11 Å². The van der Waals surface area contributed by atoms with E-state index in [1.54, 1.807) is 14.0 Å². The van der Waals surface area contributed by atoms with Crippen LogP contribution in [0.25, 0.3) is 0 Å². The molecule has 0 spiro atoms. The predicted octanol–water partition coefficient (Wildman–Crippen LogP) is 2.70. The first-order valence-electron chi connectivity index (χ1n) is 5.28. The van der Waals surface area contributed by atoms with Crippen molar-refractivity contribution in [2.24, 2.45) is 5.92 Å². The smallest absolute Gasteiger partial charge is 0.133 e. The van der Waals surface area contributed by atoms with E-state index in [0.717, 1.165) is 17.7 Å². The quantitative estimate of drug-likeness (QED) is 0.756. The largest absolute Gasteiger partial charge is 0.496 e. The van der Waals surface area contributed by atoms with Crippen molar-refractivity contribution in [3.63, 3.8) is 0 Å². The summed E-state index contributed by atoms with van der Waals surface area (Å²) in [4.78, 5) is 11.2. The maximum absolute atomic E-state index is 11.2. The molecule has 1 aliphatic rings. The molecule has 0 aromatic heterocycles. The highest BCUT2D eigenvalue weighted by atomic mass is 16.5. The van der Waals surface area contributed by atoms with E-state index < -0.39 is 0 Å². The highest BCUT2D eigenvalue weighted by Gasteiger charge is 2.41. The molecule has 2 rings (SSSR count). The Labute approximate surface area is 90.3 Å². The lowest BCUT2D eigenvalue weighted by Gasteiger charge is -2.06. The monoisotopic (exact) mass is 204 g/mol. The first-order chi connectivity index (χ1) is 7.13. The molecule has 80 valence electrons. The number of ether oxygens (including phenoxy) is 1. The van der Waals surface area contributed by atoms with Crippen LogP contribution in [0.1, 0.15) is 30.4 Å². The second kappa shape index (κ2) is 3.69. The lowest BCUT2D eigenvalue weighted by Crippen LogP contribution is -1.95. The number of Topliss-reactive ketones (excluding diaryl/α,β-unsaturated/α-hetero) is 1. The van der Waals surface area contributed by atoms with Gasteiger partial charge in [-0.1, -0.05) is 12.1 Å². The van der Waals surface area contributed by atoms with Crippen LogP contribution >= 0.6 is 0 Å². The van der Waals surface area contributed by atoms with Gasteiger partial charge in [0, 0.05) is 5.92 Å². The molecule has 0 bridgehead atoms. The first kappa shape index (κ1) is 10.2. The van der Waals surface area contributed by atoms with E-state index in [0.29, 0.717) is 11.7 Å². The van der Waals surface area contributed by atoms with Crippen molar-refractivity contribution in [3.8, 4) is 5.75 Å². The number of aryl methyl sites for hydroxylation is 1. The highest BCUT2D eigenvalue weighted by molar-refractivity contribution is 5.82. The summed E-state index contributed by atoms with van der Waals surface area (Å²) in [6.07, 6.45) is 1.01. The number of benzene rings is 1. The number of hydrogen-bond donors (Lipinski definition) is 0. The summed E-state index contributed by atoms with van der Waals surface area (Å²) in [6, 6.07) is 6.19. The molecule has 1 aromatic rings. The van der Waals surface area contributed by atoms with Gasteiger partial charge in [0.05, 0.1) is 7.11 Å². The van der Waals surface area contributed by atoms with Crippen LogP contribution in [0.15, 0.2) is 18.2 Å². The van der Waals surface area contributed by atoms with Gasteiger partial charge in [0.15, 0.2) is 0 Å². The van der Waals surface area contributed by atoms with E-state index in [1.165, 1.54) is 5.56 Å². The van der Waals surface area contributed by atoms with E-state index in [4.69, 9.17) is 4.74 Å². The van der Waals surface area contributed by atoms with Gasteiger partial charge in [-0.25, -0.2) is 0 Å². The summed E-state index contributed by atoms with van der Waals surface area (Å²) in [7, 11) is 1.68. The molecular weight excluding hydrogens is 188 g/mol. The second-order valence-electron chi connectivity index (χ2n) is 4.29. The molecule has 0 aliphatic heterocycles. The molecule has 2 heteroatoms. The molecule has 0 N–H and O–H groups in total. The van der Waals surface area contributed by atoms with Gasteiger partial charge in [0.1, 0.15) is 11.5 Å². The van der Waals surface area contributed by atoms with Crippen LogP contribution in [0.3, 0.4) is 0 Å². The van der Waals surface area contributed by atoms with Gasteiger partial charge in [0.2, 0.25) is 0 Å². The molecule has 0 heterocycles. The fraction of sp³-hybridized carbons (Fsp3) is 0.462. The van der Waals surface area contributed by atoms with Crippen LogP contribution in [0.4, 0.5) is 0 Å². The van der Waals surface area contributed by atoms with E-state index >= 15 is 0 Å². The zero-order valence-corrected chi connectivity index (χ0v) is 9.41. The van der Waals surface area contributed by atoms with Gasteiger partial charge in [-0.15, -0.1) is 0 Å². The normalized spacial score (nSPS) is 23.7. The Morgan fingerprint density at radius 2 is 2.20 bits per heavy atom. The van der Waals surface area contributed by atoms with Crippen LogP contribution in [0.2, 0.25) is 0 Å². The average molecular weight is 204 g/mol. The molecule has 1 aromatic carbocycles. The lowest BCUT2D eigenvalue weighted by molar-refractivity contribution is -0.118. The Bertz CT molecular complexity index is 396. The number of hydrogen-bond acceptors (Lipinski definition) is 2. The number of carbonyl (C=O) groups is 1. The summed E-state index contributed by atoms with van der Waals surface area (Å²) < 4.78 is 5.21. The highest BCUT2D eigenvalue weighted by Crippen LogP contribution is 2.48. The Morgan fingerprint density at radius 1 is 1.47 bits per heavy atom. The number of ketones is 1. The first-order valence-corrected chi connectivity index (χ1v) is 5.28. The van der Waals surface area contributed by atoms with Crippen LogP contribution in [-0.4, -0.2) is 12.9 Å². The van der Waals surface area contributed by atoms with Gasteiger partial charge < -0.3 is 4.74 Å². The van der Waals surface area contributed by atoms with E-state index in [1.807, 2.05) is 13.0 Å². The van der Waals surface area contributed by atoms with Crippen molar-refractivity contribution >= 4 is 5.78 Å². The summed E-state index contributed by atoms with van der Waals surface area (Å²) in [5.41, 5.74) is 2.41. The van der Waals surface area contributed by atoms with E-state index in [9.17, 15) is 4.79 Å². The summed E-state index contributed by atoms with van der Waals surface area (Å²) in [6.45, 7) is 3.72. The Hall–Kier alpha value is -1.31. The number of methoxy groups -OCH3 is 1. The van der Waals surface area contributed by atoms with E-state index in [-0.39, 0.29) is 5.92 Å². The van der Waals surface area contributed by atoms with Crippen molar-refractivity contribution < 1.29 is 9.53 Å². The average Bonchev–Trinajstić information content (AvgIpc) is 2.97. The summed E-state index contributed by atoms with van der Waals surface area (Å²) in [5, 5.41) is 0. The third kappa shape index (κ3) is 1.89. The van der Waals surface area contributed by atoms with E-state index in [2.05, 4.69) is 12.1 Å². The molecule has 0 saturated heterocycles. The fourth-order valence-electron chi connectivity index (χ4n) is 2.14. The standard InChI is InChI=1S/C13H16O2/c1-8-6-10(4-5-13(8)15-3)12-7-11(12)9(2)14/h4-6,11-12H,7H2,1-3H3. The van der Waals surface area contributed by atoms with Crippen molar-refractivity contribution in [2.45, 2.75) is 26.2 Å². The van der Waals surface area contributed by atoms with Crippen molar-refractivity contribution in [3.05, 3.63) is 29.3 Å². The van der Waals surface area contributed by atoms with Gasteiger partial charge in [0.25, 0.3) is 0 Å². The lowest BCUT2D eigenvalue weighted by atomic mass is 10.0. The molecule has 1 fully saturated rings. The van der Waals surface area contributed by atoms with Crippen LogP contribution in [0, 0.1) is 12.8 Å². The molecule has 0 amide bonds. The molecule has 1 saturated carbocycles. The van der Waals surface area contributed by atoms with Gasteiger partial charge >= 0.3 is 0 Å². The molecule has 15 heavy (non-hydrogen) atoms. The maximum Gasteiger partial charge on any atom is 0.133 e. The van der Waals surface area contributed by atoms with Crippen molar-refractivity contribution in [1.29, 1.82) is 0 Å². The maximum atomic E-state index is 11.2. The minimum atomic E-state index is 0.262. The van der Waals surface area contributed by atoms with Gasteiger partial charge in [-0.05, 0) is 43.4 Å². The number of rotatable bonds is 3. The van der Waals surface area contributed by atoms with Gasteiger partial charge in [-0.3, -0.25) is 4.79 Å². The third-order valence-corrected chi connectivity index (χ3v) is 3.16. The molecule has 2 unspecified atom stereocenters. The Balaban J connectivity index is 2.18. The molecule has 2 atom stereocenters. The minimum absolute atomic E-state index is 0.262. The molecule has 2 nitrogen and oxygen atoms in total. The zero-order valence-electron chi connectivity index (χ0n) is 9.41. The summed E-state index contributed by atoms with van der Waals surface area (Å²) in [5.74, 6) is 1.94. The molecular formula is C13H16O2. The SMILES string of the molecule is COc1ccc(C2CC2C(C)=O)cc1C. The molecule has 0 radical (unpaired) electrons. The zero-order chi connectivity index (χ0) is 11.0. The van der Waals surface area contributed by atoms with Gasteiger partial charge in [-0.2, -0.15) is 0 Å². The second-order valence-corrected chi connectivity index (χ2v) is 4.29. The fourth-order valence-corrected chi connectivity index (χ4v) is 2.14. The predicted molar refractivity (Wildman–Crippen MR) is 59.3 cm³/mol. The number of carbonyl (C=O) groups excluding carboxylic acids is 1. The van der Waals surface area contributed by atoms with Crippen molar-refractivity contribution in [1.82, 2.24) is 0 Å².